The number of aryl methyl sites for hydroxylation is 2. The van der Waals surface area contributed by atoms with Crippen LogP contribution in [0, 0.1) is 0 Å². The van der Waals surface area contributed by atoms with E-state index in [1.54, 1.807) is 0 Å². The highest BCUT2D eigenvalue weighted by Crippen LogP contribution is 2.41. The lowest BCUT2D eigenvalue weighted by Gasteiger charge is -2.28. The molecule has 0 aliphatic carbocycles. The van der Waals surface area contributed by atoms with Gasteiger partial charge in [0, 0.05) is 26.1 Å². The minimum Gasteiger partial charge on any atom is -0.507 e. The molecule has 2 rings (SSSR count). The Morgan fingerprint density at radius 1 is 0.500 bits per heavy atom. The number of aliphatic carboxylic acids is 2. The molecule has 8 nitrogen and oxygen atoms in total. The number of phenols is 2. The molecule has 0 saturated heterocycles. The molecule has 262 valence electrons. The Balaban J connectivity index is 0.000000749. The number of phenolic OH excluding ortho intramolecular Hbond substituents is 2. The summed E-state index contributed by atoms with van der Waals surface area (Å²) in [7, 11) is 0. The van der Waals surface area contributed by atoms with Crippen molar-refractivity contribution in [1.29, 1.82) is 0 Å². The van der Waals surface area contributed by atoms with Gasteiger partial charge in [-0.3, -0.25) is 9.59 Å². The average Bonchev–Trinajstić information content (AvgIpc) is 2.88. The molecule has 0 fully saturated rings. The molecule has 0 bridgehead atoms. The van der Waals surface area contributed by atoms with Crippen molar-refractivity contribution in [1.82, 2.24) is 0 Å². The molecule has 0 heterocycles. The number of carboxylic acids is 2. The van der Waals surface area contributed by atoms with E-state index in [0.29, 0.717) is 24.3 Å². The summed E-state index contributed by atoms with van der Waals surface area (Å²) in [6.07, 6.45) is 2.63. The maximum atomic E-state index is 10.8. The van der Waals surface area contributed by atoms with Gasteiger partial charge in [0.15, 0.2) is 0 Å². The van der Waals surface area contributed by atoms with Crippen LogP contribution in [0.5, 0.6) is 11.5 Å². The summed E-state index contributed by atoms with van der Waals surface area (Å²) >= 11 is 0. The molecule has 0 atom stereocenters. The van der Waals surface area contributed by atoms with Gasteiger partial charge < -0.3 is 30.6 Å². The SMILES string of the molecule is CC(C)(C)c1cc(CCC(=O)O)cc(C(C)(C)C)c1O.CC(C)(C)c1cc(CCC(=O)O)cc(C(C)(C)C)c1O.OCCCCO. The Bertz CT molecular complexity index is 1100. The summed E-state index contributed by atoms with van der Waals surface area (Å²) in [5, 5.41) is 54.9. The van der Waals surface area contributed by atoms with Crippen LogP contribution in [0.2, 0.25) is 0 Å². The summed E-state index contributed by atoms with van der Waals surface area (Å²) in [4.78, 5) is 21.5. The number of aliphatic hydroxyl groups excluding tert-OH is 2. The average molecular weight is 647 g/mol. The highest BCUT2D eigenvalue weighted by atomic mass is 16.4. The van der Waals surface area contributed by atoms with E-state index in [0.717, 1.165) is 46.2 Å². The van der Waals surface area contributed by atoms with Gasteiger partial charge in [0.1, 0.15) is 11.5 Å². The van der Waals surface area contributed by atoms with E-state index in [4.69, 9.17) is 20.4 Å². The number of carboxylic acid groups (broad SMARTS) is 2. The molecule has 0 saturated carbocycles. The number of carbonyl (C=O) groups is 2. The molecule has 0 spiro atoms. The Kier molecular flexibility index (Phi) is 16.5. The first-order valence-electron chi connectivity index (χ1n) is 16.2. The molecule has 6 N–H and O–H groups in total. The van der Waals surface area contributed by atoms with Gasteiger partial charge in [0.25, 0.3) is 0 Å². The van der Waals surface area contributed by atoms with Crippen molar-refractivity contribution >= 4 is 11.9 Å². The van der Waals surface area contributed by atoms with Crippen LogP contribution in [0.1, 0.15) is 142 Å². The largest absolute Gasteiger partial charge is 0.507 e. The normalized spacial score (nSPS) is 12.0. The number of unbranched alkanes of at least 4 members (excludes halogenated alkanes) is 1. The van der Waals surface area contributed by atoms with Crippen molar-refractivity contribution in [2.45, 2.75) is 143 Å². The van der Waals surface area contributed by atoms with Gasteiger partial charge in [-0.15, -0.1) is 0 Å². The minimum absolute atomic E-state index is 0.109. The second-order valence-electron chi connectivity index (χ2n) is 16.0. The van der Waals surface area contributed by atoms with Crippen molar-refractivity contribution in [2.24, 2.45) is 0 Å². The fourth-order valence-corrected chi connectivity index (χ4v) is 4.69. The molecule has 2 aromatic rings. The molecule has 8 heteroatoms. The summed E-state index contributed by atoms with van der Waals surface area (Å²) in [6.45, 7) is 25.0. The molecule has 46 heavy (non-hydrogen) atoms. The van der Waals surface area contributed by atoms with Gasteiger partial charge >= 0.3 is 11.9 Å². The maximum Gasteiger partial charge on any atom is 0.303 e. The molecule has 0 aromatic heterocycles. The number of aromatic hydroxyl groups is 2. The summed E-state index contributed by atoms with van der Waals surface area (Å²) in [6, 6.07) is 7.75. The van der Waals surface area contributed by atoms with Crippen molar-refractivity contribution in [3.05, 3.63) is 57.6 Å². The number of benzene rings is 2. The monoisotopic (exact) mass is 646 g/mol. The van der Waals surface area contributed by atoms with Gasteiger partial charge in [-0.2, -0.15) is 0 Å². The van der Waals surface area contributed by atoms with Crippen LogP contribution in [0.25, 0.3) is 0 Å². The summed E-state index contributed by atoms with van der Waals surface area (Å²) in [5.74, 6) is -0.923. The lowest BCUT2D eigenvalue weighted by molar-refractivity contribution is -0.138. The smallest absolute Gasteiger partial charge is 0.303 e. The van der Waals surface area contributed by atoms with E-state index < -0.39 is 11.9 Å². The van der Waals surface area contributed by atoms with Crippen LogP contribution < -0.4 is 0 Å². The first-order chi connectivity index (χ1) is 20.8. The predicted molar refractivity (Wildman–Crippen MR) is 186 cm³/mol. The quantitative estimate of drug-likeness (QED) is 0.151. The number of hydrogen-bond acceptors (Lipinski definition) is 6. The zero-order valence-electron chi connectivity index (χ0n) is 30.5. The molecule has 0 unspecified atom stereocenters. The van der Waals surface area contributed by atoms with Gasteiger partial charge in [0.05, 0.1) is 0 Å². The Hall–Kier alpha value is -3.10. The fourth-order valence-electron chi connectivity index (χ4n) is 4.69. The van der Waals surface area contributed by atoms with Crippen molar-refractivity contribution in [3.8, 4) is 11.5 Å². The molecular formula is C38H62O8. The number of rotatable bonds is 9. The van der Waals surface area contributed by atoms with E-state index >= 15 is 0 Å². The standard InChI is InChI=1S/2C17H26O3.C4H10O2/c2*1-16(2,3)12-9-11(7-8-14(18)19)10-13(15(12)20)17(4,5)6;5-3-1-2-4-6/h2*9-10,20H,7-8H2,1-6H3,(H,18,19);5-6H,1-4H2. The zero-order chi connectivity index (χ0) is 36.3. The zero-order valence-corrected chi connectivity index (χ0v) is 30.5. The molecule has 0 radical (unpaired) electrons. The first-order valence-corrected chi connectivity index (χ1v) is 16.2. The lowest BCUT2D eigenvalue weighted by atomic mass is 9.78. The molecule has 0 aliphatic heterocycles. The van der Waals surface area contributed by atoms with Gasteiger partial charge in [-0.05, 0) is 80.7 Å². The highest BCUT2D eigenvalue weighted by Gasteiger charge is 2.28. The number of aliphatic hydroxyl groups is 2. The third-order valence-electron chi connectivity index (χ3n) is 7.39. The van der Waals surface area contributed by atoms with Crippen molar-refractivity contribution in [3.63, 3.8) is 0 Å². The van der Waals surface area contributed by atoms with E-state index in [-0.39, 0.29) is 47.7 Å². The van der Waals surface area contributed by atoms with Gasteiger partial charge in [0.2, 0.25) is 0 Å². The summed E-state index contributed by atoms with van der Waals surface area (Å²) < 4.78 is 0. The van der Waals surface area contributed by atoms with Crippen LogP contribution in [0.15, 0.2) is 24.3 Å². The lowest BCUT2D eigenvalue weighted by Crippen LogP contribution is -2.18. The Morgan fingerprint density at radius 2 is 0.717 bits per heavy atom. The second-order valence-corrected chi connectivity index (χ2v) is 16.0. The van der Waals surface area contributed by atoms with Crippen LogP contribution >= 0.6 is 0 Å². The van der Waals surface area contributed by atoms with Crippen LogP contribution in [-0.4, -0.2) is 55.8 Å². The fraction of sp³-hybridized carbons (Fsp3) is 0.632. The molecule has 0 aliphatic rings. The second kappa shape index (κ2) is 17.7. The van der Waals surface area contributed by atoms with Gasteiger partial charge in [-0.25, -0.2) is 0 Å². The number of hydrogen-bond donors (Lipinski definition) is 6. The summed E-state index contributed by atoms with van der Waals surface area (Å²) in [5.41, 5.74) is 4.76. The van der Waals surface area contributed by atoms with E-state index in [1.807, 2.05) is 24.3 Å². The predicted octanol–water partition coefficient (Wildman–Crippen LogP) is 7.76. The molecule has 0 amide bonds. The van der Waals surface area contributed by atoms with Crippen LogP contribution in [0.3, 0.4) is 0 Å². The van der Waals surface area contributed by atoms with Crippen LogP contribution in [-0.2, 0) is 44.1 Å². The Labute approximate surface area is 277 Å². The van der Waals surface area contributed by atoms with Crippen LogP contribution in [0.4, 0.5) is 0 Å². The van der Waals surface area contributed by atoms with E-state index in [9.17, 15) is 19.8 Å². The minimum atomic E-state index is -0.798. The molecule has 2 aromatic carbocycles. The first kappa shape index (κ1) is 42.9. The topological polar surface area (TPSA) is 156 Å². The molecular weight excluding hydrogens is 584 g/mol. The third-order valence-corrected chi connectivity index (χ3v) is 7.39. The Morgan fingerprint density at radius 3 is 0.870 bits per heavy atom. The highest BCUT2D eigenvalue weighted by molar-refractivity contribution is 5.67. The van der Waals surface area contributed by atoms with Crippen molar-refractivity contribution < 1.29 is 40.2 Å². The van der Waals surface area contributed by atoms with Gasteiger partial charge in [-0.1, -0.05) is 107 Å². The van der Waals surface area contributed by atoms with E-state index in [2.05, 4.69) is 83.1 Å². The van der Waals surface area contributed by atoms with E-state index in [1.165, 1.54) is 0 Å². The van der Waals surface area contributed by atoms with Crippen molar-refractivity contribution in [2.75, 3.05) is 13.2 Å². The third kappa shape index (κ3) is 15.0. The maximum absolute atomic E-state index is 10.8.